The first-order valence-electron chi connectivity index (χ1n) is 10.0. The smallest absolute Gasteiger partial charge is 0.264 e. The highest BCUT2D eigenvalue weighted by Crippen LogP contribution is 2.25. The number of sulfonamides is 1. The van der Waals surface area contributed by atoms with Crippen molar-refractivity contribution < 1.29 is 13.2 Å². The zero-order valence-electron chi connectivity index (χ0n) is 17.2. The zero-order chi connectivity index (χ0) is 21.8. The van der Waals surface area contributed by atoms with Crippen LogP contribution >= 0.6 is 0 Å². The number of hydrazone groups is 1. The summed E-state index contributed by atoms with van der Waals surface area (Å²) in [6.07, 6.45) is 0.631. The zero-order valence-corrected chi connectivity index (χ0v) is 18.0. The van der Waals surface area contributed by atoms with Gasteiger partial charge in [0.2, 0.25) is 0 Å². The molecule has 1 amide bonds. The second kappa shape index (κ2) is 8.73. The van der Waals surface area contributed by atoms with Crippen LogP contribution in [0.1, 0.15) is 17.5 Å². The van der Waals surface area contributed by atoms with Crippen LogP contribution in [0.2, 0.25) is 0 Å². The minimum absolute atomic E-state index is 0.152. The Labute approximate surface area is 182 Å². The first kappa shape index (κ1) is 20.8. The van der Waals surface area contributed by atoms with Gasteiger partial charge in [0, 0.05) is 6.42 Å². The second-order valence-corrected chi connectivity index (χ2v) is 9.21. The molecule has 158 valence electrons. The maximum Gasteiger partial charge on any atom is 0.264 e. The number of hydrogen-bond donors (Lipinski definition) is 0. The molecule has 3 aromatic rings. The lowest BCUT2D eigenvalue weighted by molar-refractivity contribution is -0.129. The predicted octanol–water partition coefficient (Wildman–Crippen LogP) is 3.83. The van der Waals surface area contributed by atoms with Crippen LogP contribution in [0.15, 0.2) is 94.9 Å². The molecule has 0 unspecified atom stereocenters. The molecule has 7 heteroatoms. The molecule has 0 bridgehead atoms. The van der Waals surface area contributed by atoms with Crippen molar-refractivity contribution in [3.8, 4) is 0 Å². The molecule has 0 saturated carbocycles. The van der Waals surface area contributed by atoms with E-state index in [1.807, 2.05) is 43.3 Å². The van der Waals surface area contributed by atoms with Crippen LogP contribution in [0.4, 0.5) is 5.69 Å². The SMILES string of the molecule is Cc1cccc(S(=O)(=O)N(CC(=O)N2CCC(c3ccccc3)=N2)c2ccccc2)c1. The number of benzene rings is 3. The second-order valence-electron chi connectivity index (χ2n) is 7.34. The molecule has 1 heterocycles. The van der Waals surface area contributed by atoms with Gasteiger partial charge in [0.1, 0.15) is 6.54 Å². The topological polar surface area (TPSA) is 70.1 Å². The highest BCUT2D eigenvalue weighted by molar-refractivity contribution is 7.92. The van der Waals surface area contributed by atoms with Crippen LogP contribution in [0.25, 0.3) is 0 Å². The van der Waals surface area contributed by atoms with Crippen molar-refractivity contribution in [3.63, 3.8) is 0 Å². The summed E-state index contributed by atoms with van der Waals surface area (Å²) in [6.45, 7) is 1.93. The Balaban J connectivity index is 1.63. The molecule has 3 aromatic carbocycles. The van der Waals surface area contributed by atoms with Crippen molar-refractivity contribution in [3.05, 3.63) is 96.1 Å². The van der Waals surface area contributed by atoms with Gasteiger partial charge in [0.05, 0.1) is 22.8 Å². The molecule has 0 saturated heterocycles. The third-order valence-electron chi connectivity index (χ3n) is 5.10. The van der Waals surface area contributed by atoms with Gasteiger partial charge in [-0.25, -0.2) is 13.4 Å². The highest BCUT2D eigenvalue weighted by Gasteiger charge is 2.30. The van der Waals surface area contributed by atoms with E-state index in [1.54, 1.807) is 48.5 Å². The number of rotatable bonds is 6. The lowest BCUT2D eigenvalue weighted by Gasteiger charge is -2.25. The molecule has 0 fully saturated rings. The van der Waals surface area contributed by atoms with Gasteiger partial charge in [-0.15, -0.1) is 0 Å². The van der Waals surface area contributed by atoms with Gasteiger partial charge < -0.3 is 0 Å². The van der Waals surface area contributed by atoms with Crippen LogP contribution in [0.5, 0.6) is 0 Å². The summed E-state index contributed by atoms with van der Waals surface area (Å²) >= 11 is 0. The van der Waals surface area contributed by atoms with E-state index in [9.17, 15) is 13.2 Å². The van der Waals surface area contributed by atoms with Crippen LogP contribution in [0, 0.1) is 6.92 Å². The van der Waals surface area contributed by atoms with E-state index in [-0.39, 0.29) is 17.3 Å². The van der Waals surface area contributed by atoms with Gasteiger partial charge in [-0.05, 0) is 42.3 Å². The summed E-state index contributed by atoms with van der Waals surface area (Å²) in [6, 6.07) is 25.0. The number of carbonyl (C=O) groups is 1. The van der Waals surface area contributed by atoms with Gasteiger partial charge in [-0.2, -0.15) is 5.10 Å². The van der Waals surface area contributed by atoms with Crippen LogP contribution in [0.3, 0.4) is 0 Å². The van der Waals surface area contributed by atoms with Gasteiger partial charge in [-0.3, -0.25) is 9.10 Å². The molecular formula is C24H23N3O3S. The average Bonchev–Trinajstić information content (AvgIpc) is 3.29. The summed E-state index contributed by atoms with van der Waals surface area (Å²) in [5.74, 6) is -0.369. The van der Waals surface area contributed by atoms with E-state index < -0.39 is 10.0 Å². The average molecular weight is 434 g/mol. The largest absolute Gasteiger partial charge is 0.271 e. The Morgan fingerprint density at radius 2 is 1.65 bits per heavy atom. The molecule has 1 aliphatic heterocycles. The number of anilines is 1. The maximum atomic E-state index is 13.4. The molecule has 0 N–H and O–H groups in total. The number of carbonyl (C=O) groups excluding carboxylic acids is 1. The fourth-order valence-electron chi connectivity index (χ4n) is 3.49. The first-order valence-corrected chi connectivity index (χ1v) is 11.5. The summed E-state index contributed by atoms with van der Waals surface area (Å²) < 4.78 is 28.0. The molecule has 0 aromatic heterocycles. The highest BCUT2D eigenvalue weighted by atomic mass is 32.2. The van der Waals surface area contributed by atoms with E-state index in [0.717, 1.165) is 21.1 Å². The monoisotopic (exact) mass is 433 g/mol. The summed E-state index contributed by atoms with van der Waals surface area (Å²) in [5.41, 5.74) is 3.05. The van der Waals surface area contributed by atoms with Crippen molar-refractivity contribution >= 4 is 27.3 Å². The first-order chi connectivity index (χ1) is 14.9. The molecular weight excluding hydrogens is 410 g/mol. The molecule has 31 heavy (non-hydrogen) atoms. The maximum absolute atomic E-state index is 13.4. The Kier molecular flexibility index (Phi) is 5.86. The molecule has 0 atom stereocenters. The molecule has 1 aliphatic rings. The lowest BCUT2D eigenvalue weighted by Crippen LogP contribution is -2.40. The van der Waals surface area contributed by atoms with Gasteiger partial charge in [0.15, 0.2) is 0 Å². The van der Waals surface area contributed by atoms with Crippen molar-refractivity contribution in [1.29, 1.82) is 0 Å². The van der Waals surface area contributed by atoms with Crippen LogP contribution in [-0.4, -0.2) is 38.1 Å². The fourth-order valence-corrected chi connectivity index (χ4v) is 5.01. The number of amides is 1. The van der Waals surface area contributed by atoms with Gasteiger partial charge in [0.25, 0.3) is 15.9 Å². The molecule has 4 rings (SSSR count). The molecule has 0 radical (unpaired) electrons. The standard InChI is InChI=1S/C24H23N3O3S/c1-19-9-8-14-22(17-19)31(29,30)27(21-12-6-3-7-13-21)18-24(28)26-16-15-23(25-26)20-10-4-2-5-11-20/h2-14,17H,15-16,18H2,1H3. The Bertz CT molecular complexity index is 1210. The number of nitrogens with zero attached hydrogens (tertiary/aromatic N) is 3. The molecule has 0 spiro atoms. The lowest BCUT2D eigenvalue weighted by atomic mass is 10.1. The van der Waals surface area contributed by atoms with Gasteiger partial charge >= 0.3 is 0 Å². The summed E-state index contributed by atoms with van der Waals surface area (Å²) in [7, 11) is -3.93. The number of para-hydroxylation sites is 1. The fraction of sp³-hybridized carbons (Fsp3) is 0.167. The van der Waals surface area contributed by atoms with Gasteiger partial charge in [-0.1, -0.05) is 60.7 Å². The predicted molar refractivity (Wildman–Crippen MR) is 121 cm³/mol. The van der Waals surface area contributed by atoms with E-state index in [4.69, 9.17) is 0 Å². The Hall–Kier alpha value is -3.45. The Morgan fingerprint density at radius 1 is 0.968 bits per heavy atom. The van der Waals surface area contributed by atoms with E-state index >= 15 is 0 Å². The van der Waals surface area contributed by atoms with Crippen molar-refractivity contribution in [2.75, 3.05) is 17.4 Å². The molecule has 6 nitrogen and oxygen atoms in total. The van der Waals surface area contributed by atoms with Crippen molar-refractivity contribution in [2.45, 2.75) is 18.2 Å². The van der Waals surface area contributed by atoms with E-state index in [2.05, 4.69) is 5.10 Å². The minimum Gasteiger partial charge on any atom is -0.271 e. The third kappa shape index (κ3) is 4.51. The minimum atomic E-state index is -3.93. The summed E-state index contributed by atoms with van der Waals surface area (Å²) in [4.78, 5) is 13.2. The Morgan fingerprint density at radius 3 is 2.32 bits per heavy atom. The normalized spacial score (nSPS) is 13.7. The van der Waals surface area contributed by atoms with Crippen molar-refractivity contribution in [2.24, 2.45) is 5.10 Å². The molecule has 0 aliphatic carbocycles. The number of hydrogen-bond acceptors (Lipinski definition) is 4. The van der Waals surface area contributed by atoms with E-state index in [0.29, 0.717) is 18.7 Å². The third-order valence-corrected chi connectivity index (χ3v) is 6.87. The quantitative estimate of drug-likeness (QED) is 0.593. The summed E-state index contributed by atoms with van der Waals surface area (Å²) in [5, 5.41) is 5.82. The van der Waals surface area contributed by atoms with E-state index in [1.165, 1.54) is 5.01 Å². The van der Waals surface area contributed by atoms with Crippen LogP contribution in [-0.2, 0) is 14.8 Å². The van der Waals surface area contributed by atoms with Crippen LogP contribution < -0.4 is 4.31 Å². The number of aryl methyl sites for hydroxylation is 1. The van der Waals surface area contributed by atoms with Crippen molar-refractivity contribution in [1.82, 2.24) is 5.01 Å².